The number of hydrogen-bond acceptors (Lipinski definition) is 2. The predicted molar refractivity (Wildman–Crippen MR) is 77.5 cm³/mol. The lowest BCUT2D eigenvalue weighted by molar-refractivity contribution is 0.525. The van der Waals surface area contributed by atoms with Crippen LogP contribution in [-0.4, -0.2) is 6.04 Å². The Morgan fingerprint density at radius 1 is 1.06 bits per heavy atom. The van der Waals surface area contributed by atoms with Gasteiger partial charge >= 0.3 is 0 Å². The fourth-order valence-electron chi connectivity index (χ4n) is 2.84. The summed E-state index contributed by atoms with van der Waals surface area (Å²) in [6, 6.07) is 13.4. The van der Waals surface area contributed by atoms with Gasteiger partial charge in [0.2, 0.25) is 0 Å². The molecule has 2 aromatic rings. The van der Waals surface area contributed by atoms with E-state index in [1.54, 1.807) is 0 Å². The molecule has 3 N–H and O–H groups in total. The van der Waals surface area contributed by atoms with Crippen LogP contribution in [0, 0.1) is 0 Å². The normalized spacial score (nSPS) is 16.4. The minimum atomic E-state index is 0.691. The molecular formula is C16H20N2. The number of rotatable bonds is 3. The molecule has 0 unspecified atom stereocenters. The molecule has 0 saturated heterocycles. The van der Waals surface area contributed by atoms with Crippen LogP contribution in [-0.2, 0) is 6.54 Å². The Kier molecular flexibility index (Phi) is 3.20. The third-order valence-electron chi connectivity index (χ3n) is 3.94. The summed E-state index contributed by atoms with van der Waals surface area (Å²) in [5.41, 5.74) is 8.26. The first-order valence-corrected chi connectivity index (χ1v) is 6.83. The van der Waals surface area contributed by atoms with Gasteiger partial charge in [-0.05, 0) is 41.3 Å². The fraction of sp³-hybridized carbons (Fsp3) is 0.375. The van der Waals surface area contributed by atoms with Crippen molar-refractivity contribution in [3.8, 4) is 0 Å². The third-order valence-corrected chi connectivity index (χ3v) is 3.94. The van der Waals surface area contributed by atoms with Crippen LogP contribution in [0.15, 0.2) is 36.4 Å². The Morgan fingerprint density at radius 3 is 2.44 bits per heavy atom. The monoisotopic (exact) mass is 240 g/mol. The molecule has 2 heteroatoms. The van der Waals surface area contributed by atoms with Crippen molar-refractivity contribution in [1.82, 2.24) is 5.32 Å². The molecule has 3 rings (SSSR count). The van der Waals surface area contributed by atoms with Crippen molar-refractivity contribution in [3.63, 3.8) is 0 Å². The molecule has 2 nitrogen and oxygen atoms in total. The molecule has 1 saturated carbocycles. The number of hydrogen-bond donors (Lipinski definition) is 2. The van der Waals surface area contributed by atoms with Crippen LogP contribution >= 0.6 is 0 Å². The van der Waals surface area contributed by atoms with E-state index >= 15 is 0 Å². The SMILES string of the molecule is Nc1cc2ccccc2cc1CNC1CCCC1. The zero-order chi connectivity index (χ0) is 12.4. The smallest absolute Gasteiger partial charge is 0.0366 e. The number of anilines is 1. The summed E-state index contributed by atoms with van der Waals surface area (Å²) < 4.78 is 0. The van der Waals surface area contributed by atoms with Crippen molar-refractivity contribution in [2.75, 3.05) is 5.73 Å². The second-order valence-electron chi connectivity index (χ2n) is 5.26. The highest BCUT2D eigenvalue weighted by atomic mass is 14.9. The number of nitrogen functional groups attached to an aromatic ring is 1. The molecule has 2 aromatic carbocycles. The average molecular weight is 240 g/mol. The van der Waals surface area contributed by atoms with E-state index in [-0.39, 0.29) is 0 Å². The van der Waals surface area contributed by atoms with Gasteiger partial charge in [-0.25, -0.2) is 0 Å². The molecule has 0 bridgehead atoms. The summed E-state index contributed by atoms with van der Waals surface area (Å²) >= 11 is 0. The Balaban J connectivity index is 1.80. The maximum Gasteiger partial charge on any atom is 0.0366 e. The van der Waals surface area contributed by atoms with E-state index in [1.807, 2.05) is 0 Å². The van der Waals surface area contributed by atoms with Crippen molar-refractivity contribution in [3.05, 3.63) is 42.0 Å². The Hall–Kier alpha value is -1.54. The molecule has 0 heterocycles. The third kappa shape index (κ3) is 2.34. The zero-order valence-corrected chi connectivity index (χ0v) is 10.7. The summed E-state index contributed by atoms with van der Waals surface area (Å²) in [7, 11) is 0. The van der Waals surface area contributed by atoms with E-state index in [2.05, 4.69) is 41.7 Å². The Bertz CT molecular complexity index is 542. The van der Waals surface area contributed by atoms with Crippen LogP contribution in [0.5, 0.6) is 0 Å². The van der Waals surface area contributed by atoms with Crippen LogP contribution in [0.4, 0.5) is 5.69 Å². The molecule has 94 valence electrons. The summed E-state index contributed by atoms with van der Waals surface area (Å²) in [5.74, 6) is 0. The van der Waals surface area contributed by atoms with Gasteiger partial charge in [0.1, 0.15) is 0 Å². The van der Waals surface area contributed by atoms with Gasteiger partial charge in [-0.3, -0.25) is 0 Å². The van der Waals surface area contributed by atoms with Crippen molar-refractivity contribution >= 4 is 16.5 Å². The molecule has 18 heavy (non-hydrogen) atoms. The first-order chi connectivity index (χ1) is 8.83. The lowest BCUT2D eigenvalue weighted by Gasteiger charge is -2.14. The van der Waals surface area contributed by atoms with Crippen molar-refractivity contribution < 1.29 is 0 Å². The van der Waals surface area contributed by atoms with Crippen LogP contribution in [0.1, 0.15) is 31.2 Å². The van der Waals surface area contributed by atoms with Crippen molar-refractivity contribution in [2.45, 2.75) is 38.3 Å². The summed E-state index contributed by atoms with van der Waals surface area (Å²) in [6.07, 6.45) is 5.36. The van der Waals surface area contributed by atoms with Gasteiger partial charge in [-0.1, -0.05) is 37.1 Å². The van der Waals surface area contributed by atoms with E-state index < -0.39 is 0 Å². The van der Waals surface area contributed by atoms with E-state index in [0.29, 0.717) is 6.04 Å². The second kappa shape index (κ2) is 4.99. The van der Waals surface area contributed by atoms with E-state index in [9.17, 15) is 0 Å². The highest BCUT2D eigenvalue weighted by Gasteiger charge is 2.14. The van der Waals surface area contributed by atoms with Crippen LogP contribution in [0.2, 0.25) is 0 Å². The quantitative estimate of drug-likeness (QED) is 0.806. The lowest BCUT2D eigenvalue weighted by Crippen LogP contribution is -2.25. The van der Waals surface area contributed by atoms with Crippen LogP contribution in [0.25, 0.3) is 10.8 Å². The maximum absolute atomic E-state index is 6.13. The average Bonchev–Trinajstić information content (AvgIpc) is 2.89. The van der Waals surface area contributed by atoms with Gasteiger partial charge in [-0.15, -0.1) is 0 Å². The highest BCUT2D eigenvalue weighted by Crippen LogP contribution is 2.23. The van der Waals surface area contributed by atoms with E-state index in [1.165, 1.54) is 42.0 Å². The molecule has 0 atom stereocenters. The lowest BCUT2D eigenvalue weighted by atomic mass is 10.0. The summed E-state index contributed by atoms with van der Waals surface area (Å²) in [6.45, 7) is 0.890. The van der Waals surface area contributed by atoms with Gasteiger partial charge in [0.15, 0.2) is 0 Å². The number of nitrogens with two attached hydrogens (primary N) is 1. The largest absolute Gasteiger partial charge is 0.398 e. The van der Waals surface area contributed by atoms with Gasteiger partial charge in [0.25, 0.3) is 0 Å². The fourth-order valence-corrected chi connectivity index (χ4v) is 2.84. The molecular weight excluding hydrogens is 220 g/mol. The zero-order valence-electron chi connectivity index (χ0n) is 10.7. The van der Waals surface area contributed by atoms with Gasteiger partial charge in [-0.2, -0.15) is 0 Å². The first-order valence-electron chi connectivity index (χ1n) is 6.83. The minimum absolute atomic E-state index is 0.691. The second-order valence-corrected chi connectivity index (χ2v) is 5.26. The molecule has 1 aliphatic rings. The molecule has 0 amide bonds. The number of fused-ring (bicyclic) bond motifs is 1. The molecule has 0 spiro atoms. The van der Waals surface area contributed by atoms with Gasteiger partial charge in [0, 0.05) is 18.3 Å². The standard InChI is InChI=1S/C16H20N2/c17-16-10-13-6-2-1-5-12(13)9-14(16)11-18-15-7-3-4-8-15/h1-2,5-6,9-10,15,18H,3-4,7-8,11,17H2. The van der Waals surface area contributed by atoms with E-state index in [0.717, 1.165) is 12.2 Å². The topological polar surface area (TPSA) is 38.0 Å². The van der Waals surface area contributed by atoms with Crippen LogP contribution < -0.4 is 11.1 Å². The summed E-state index contributed by atoms with van der Waals surface area (Å²) in [4.78, 5) is 0. The summed E-state index contributed by atoms with van der Waals surface area (Å²) in [5, 5.41) is 6.12. The molecule has 0 radical (unpaired) electrons. The number of nitrogens with one attached hydrogen (secondary N) is 1. The Labute approximate surface area is 108 Å². The molecule has 0 aliphatic heterocycles. The highest BCUT2D eigenvalue weighted by molar-refractivity contribution is 5.86. The van der Waals surface area contributed by atoms with Crippen molar-refractivity contribution in [2.24, 2.45) is 0 Å². The Morgan fingerprint density at radius 2 is 1.72 bits per heavy atom. The minimum Gasteiger partial charge on any atom is -0.398 e. The van der Waals surface area contributed by atoms with Gasteiger partial charge in [0.05, 0.1) is 0 Å². The first kappa shape index (κ1) is 11.5. The molecule has 1 aliphatic carbocycles. The molecule has 1 fully saturated rings. The van der Waals surface area contributed by atoms with Gasteiger partial charge < -0.3 is 11.1 Å². The predicted octanol–water partition coefficient (Wildman–Crippen LogP) is 3.45. The van der Waals surface area contributed by atoms with Crippen molar-refractivity contribution in [1.29, 1.82) is 0 Å². The maximum atomic E-state index is 6.13. The van der Waals surface area contributed by atoms with Crippen LogP contribution in [0.3, 0.4) is 0 Å². The number of benzene rings is 2. The van der Waals surface area contributed by atoms with E-state index in [4.69, 9.17) is 5.73 Å². The molecule has 0 aromatic heterocycles.